The summed E-state index contributed by atoms with van der Waals surface area (Å²) in [5.74, 6) is 0.918. The Labute approximate surface area is 154 Å². The van der Waals surface area contributed by atoms with Gasteiger partial charge in [-0.05, 0) is 42.7 Å². The number of fused-ring (bicyclic) bond motifs is 1. The Hall–Kier alpha value is -2.70. The zero-order valence-electron chi connectivity index (χ0n) is 14.4. The number of amides is 1. The van der Waals surface area contributed by atoms with Crippen molar-refractivity contribution in [3.05, 3.63) is 59.7 Å². The third kappa shape index (κ3) is 3.86. The zero-order chi connectivity index (χ0) is 19.0. The van der Waals surface area contributed by atoms with E-state index in [1.807, 2.05) is 6.07 Å². The lowest BCUT2D eigenvalue weighted by Gasteiger charge is -2.31. The van der Waals surface area contributed by atoms with Gasteiger partial charge in [0.25, 0.3) is 5.91 Å². The topological polar surface area (TPSA) is 38.8 Å². The lowest BCUT2D eigenvalue weighted by Crippen LogP contribution is -2.47. The van der Waals surface area contributed by atoms with Gasteiger partial charge in [-0.1, -0.05) is 24.3 Å². The second-order valence-corrected chi connectivity index (χ2v) is 6.76. The molecule has 4 rings (SSSR count). The van der Waals surface area contributed by atoms with Gasteiger partial charge in [0.1, 0.15) is 6.61 Å². The Kier molecular flexibility index (Phi) is 4.45. The third-order valence-corrected chi connectivity index (χ3v) is 4.69. The van der Waals surface area contributed by atoms with Crippen molar-refractivity contribution in [1.29, 1.82) is 0 Å². The minimum absolute atomic E-state index is 0.0977. The normalized spacial score (nSPS) is 18.9. The number of alkyl halides is 3. The molecule has 7 heteroatoms. The van der Waals surface area contributed by atoms with E-state index < -0.39 is 17.8 Å². The van der Waals surface area contributed by atoms with Crippen LogP contribution in [0.2, 0.25) is 0 Å². The molecule has 27 heavy (non-hydrogen) atoms. The van der Waals surface area contributed by atoms with Crippen molar-refractivity contribution in [3.8, 4) is 11.5 Å². The van der Waals surface area contributed by atoms with Crippen LogP contribution in [0.4, 0.5) is 13.2 Å². The van der Waals surface area contributed by atoms with Gasteiger partial charge in [0.2, 0.25) is 6.10 Å². The molecule has 1 aliphatic carbocycles. The van der Waals surface area contributed by atoms with E-state index in [0.29, 0.717) is 17.1 Å². The maximum absolute atomic E-state index is 13.0. The number of halogens is 3. The first-order valence-corrected chi connectivity index (χ1v) is 8.77. The van der Waals surface area contributed by atoms with Crippen molar-refractivity contribution < 1.29 is 27.4 Å². The Morgan fingerprint density at radius 1 is 1.04 bits per heavy atom. The van der Waals surface area contributed by atoms with Crippen LogP contribution in [-0.2, 0) is 17.5 Å². The van der Waals surface area contributed by atoms with Gasteiger partial charge < -0.3 is 14.4 Å². The first-order chi connectivity index (χ1) is 12.9. The van der Waals surface area contributed by atoms with Crippen LogP contribution in [0.3, 0.4) is 0 Å². The standard InChI is InChI=1S/C20H18F3NO3/c21-20(22,23)14-7-5-13(6-8-14)11-24(15-9-10-15)19(25)18-12-26-16-3-1-2-4-17(16)27-18/h1-8,15,18H,9-12H2/t18-/m1/s1. The highest BCUT2D eigenvalue weighted by Gasteiger charge is 2.38. The number of para-hydroxylation sites is 2. The number of hydrogen-bond acceptors (Lipinski definition) is 3. The number of ether oxygens (including phenoxy) is 2. The minimum atomic E-state index is -4.37. The largest absolute Gasteiger partial charge is 0.485 e. The molecule has 1 heterocycles. The fourth-order valence-corrected chi connectivity index (χ4v) is 3.10. The molecule has 1 atom stereocenters. The highest BCUT2D eigenvalue weighted by atomic mass is 19.4. The van der Waals surface area contributed by atoms with Crippen molar-refractivity contribution in [2.75, 3.05) is 6.61 Å². The Morgan fingerprint density at radius 2 is 1.70 bits per heavy atom. The molecule has 1 amide bonds. The van der Waals surface area contributed by atoms with E-state index in [-0.39, 0.29) is 25.1 Å². The fourth-order valence-electron chi connectivity index (χ4n) is 3.10. The molecule has 0 saturated heterocycles. The molecule has 1 fully saturated rings. The first kappa shape index (κ1) is 17.7. The molecule has 0 bridgehead atoms. The van der Waals surface area contributed by atoms with Crippen molar-refractivity contribution in [2.24, 2.45) is 0 Å². The number of nitrogens with zero attached hydrogens (tertiary/aromatic N) is 1. The highest BCUT2D eigenvalue weighted by Crippen LogP contribution is 2.34. The summed E-state index contributed by atoms with van der Waals surface area (Å²) in [6, 6.07) is 12.2. The Bertz CT molecular complexity index is 831. The van der Waals surface area contributed by atoms with Gasteiger partial charge in [-0.3, -0.25) is 4.79 Å². The highest BCUT2D eigenvalue weighted by molar-refractivity contribution is 5.82. The fraction of sp³-hybridized carbons (Fsp3) is 0.350. The molecule has 1 aliphatic heterocycles. The quantitative estimate of drug-likeness (QED) is 0.807. The number of hydrogen-bond donors (Lipinski definition) is 0. The van der Waals surface area contributed by atoms with E-state index in [1.54, 1.807) is 23.1 Å². The van der Waals surface area contributed by atoms with E-state index in [9.17, 15) is 18.0 Å². The molecule has 0 unspecified atom stereocenters. The van der Waals surface area contributed by atoms with Crippen LogP contribution in [0.15, 0.2) is 48.5 Å². The second-order valence-electron chi connectivity index (χ2n) is 6.76. The zero-order valence-corrected chi connectivity index (χ0v) is 14.4. The molecule has 142 valence electrons. The maximum atomic E-state index is 13.0. The Balaban J connectivity index is 1.48. The SMILES string of the molecule is O=C([C@H]1COc2ccccc2O1)N(Cc1ccc(C(F)(F)F)cc1)C1CC1. The molecule has 2 aliphatic rings. The average molecular weight is 377 g/mol. The number of carbonyl (C=O) groups excluding carboxylic acids is 1. The van der Waals surface area contributed by atoms with Crippen molar-refractivity contribution in [1.82, 2.24) is 4.90 Å². The predicted octanol–water partition coefficient (Wildman–Crippen LogP) is 4.04. The molecule has 0 spiro atoms. The van der Waals surface area contributed by atoms with Gasteiger partial charge in [-0.2, -0.15) is 13.2 Å². The number of benzene rings is 2. The first-order valence-electron chi connectivity index (χ1n) is 8.77. The van der Waals surface area contributed by atoms with Crippen LogP contribution in [-0.4, -0.2) is 29.6 Å². The lowest BCUT2D eigenvalue weighted by atomic mass is 10.1. The number of rotatable bonds is 4. The van der Waals surface area contributed by atoms with Gasteiger partial charge in [0.15, 0.2) is 11.5 Å². The number of carbonyl (C=O) groups is 1. The van der Waals surface area contributed by atoms with Crippen LogP contribution in [0.5, 0.6) is 11.5 Å². The van der Waals surface area contributed by atoms with E-state index in [1.165, 1.54) is 12.1 Å². The predicted molar refractivity (Wildman–Crippen MR) is 91.4 cm³/mol. The average Bonchev–Trinajstić information content (AvgIpc) is 3.50. The van der Waals surface area contributed by atoms with Gasteiger partial charge in [0, 0.05) is 12.6 Å². The molecule has 4 nitrogen and oxygen atoms in total. The second kappa shape index (κ2) is 6.79. The molecule has 1 saturated carbocycles. The molecular weight excluding hydrogens is 359 g/mol. The monoisotopic (exact) mass is 377 g/mol. The van der Waals surface area contributed by atoms with Gasteiger partial charge in [0.05, 0.1) is 5.56 Å². The summed E-state index contributed by atoms with van der Waals surface area (Å²) in [7, 11) is 0. The van der Waals surface area contributed by atoms with Crippen molar-refractivity contribution in [2.45, 2.75) is 37.7 Å². The van der Waals surface area contributed by atoms with Crippen LogP contribution in [0.1, 0.15) is 24.0 Å². The molecule has 0 radical (unpaired) electrons. The van der Waals surface area contributed by atoms with Gasteiger partial charge in [-0.25, -0.2) is 0 Å². The summed E-state index contributed by atoms with van der Waals surface area (Å²) >= 11 is 0. The third-order valence-electron chi connectivity index (χ3n) is 4.69. The molecule has 0 N–H and O–H groups in total. The van der Waals surface area contributed by atoms with Crippen LogP contribution >= 0.6 is 0 Å². The van der Waals surface area contributed by atoms with Gasteiger partial charge >= 0.3 is 6.18 Å². The summed E-state index contributed by atoms with van der Waals surface area (Å²) in [5.41, 5.74) is -0.0449. The van der Waals surface area contributed by atoms with E-state index in [0.717, 1.165) is 25.0 Å². The summed E-state index contributed by atoms with van der Waals surface area (Å²) in [6.07, 6.45) is -3.35. The maximum Gasteiger partial charge on any atom is 0.416 e. The molecule has 2 aromatic rings. The van der Waals surface area contributed by atoms with Crippen molar-refractivity contribution >= 4 is 5.91 Å². The summed E-state index contributed by atoms with van der Waals surface area (Å²) in [5, 5.41) is 0. The van der Waals surface area contributed by atoms with Gasteiger partial charge in [-0.15, -0.1) is 0 Å². The molecular formula is C20H18F3NO3. The smallest absolute Gasteiger partial charge is 0.416 e. The minimum Gasteiger partial charge on any atom is -0.485 e. The van der Waals surface area contributed by atoms with Crippen LogP contribution in [0, 0.1) is 0 Å². The molecule has 0 aromatic heterocycles. The summed E-state index contributed by atoms with van der Waals surface area (Å²) in [4.78, 5) is 14.6. The summed E-state index contributed by atoms with van der Waals surface area (Å²) in [6.45, 7) is 0.370. The van der Waals surface area contributed by atoms with E-state index in [2.05, 4.69) is 0 Å². The lowest BCUT2D eigenvalue weighted by molar-refractivity contribution is -0.142. The van der Waals surface area contributed by atoms with Crippen LogP contribution < -0.4 is 9.47 Å². The van der Waals surface area contributed by atoms with E-state index in [4.69, 9.17) is 9.47 Å². The van der Waals surface area contributed by atoms with Crippen LogP contribution in [0.25, 0.3) is 0 Å². The van der Waals surface area contributed by atoms with E-state index >= 15 is 0 Å². The Morgan fingerprint density at radius 3 is 2.33 bits per heavy atom. The summed E-state index contributed by atoms with van der Waals surface area (Å²) < 4.78 is 49.6. The molecule has 2 aromatic carbocycles. The van der Waals surface area contributed by atoms with Crippen molar-refractivity contribution in [3.63, 3.8) is 0 Å².